The van der Waals surface area contributed by atoms with Crippen LogP contribution in [0.25, 0.3) is 0 Å². The number of benzene rings is 2. The van der Waals surface area contributed by atoms with Crippen molar-refractivity contribution in [3.8, 4) is 0 Å². The van der Waals surface area contributed by atoms with Crippen molar-refractivity contribution in [1.82, 2.24) is 4.90 Å². The second kappa shape index (κ2) is 9.03. The molecule has 0 saturated carbocycles. The van der Waals surface area contributed by atoms with E-state index in [4.69, 9.17) is 4.74 Å². The van der Waals surface area contributed by atoms with Crippen LogP contribution in [0.15, 0.2) is 66.4 Å². The van der Waals surface area contributed by atoms with Gasteiger partial charge in [0.05, 0.1) is 12.1 Å². The highest BCUT2D eigenvalue weighted by atomic mass is 19.2. The summed E-state index contributed by atoms with van der Waals surface area (Å²) in [6.07, 6.45) is 1.49. The predicted octanol–water partition coefficient (Wildman–Crippen LogP) is 4.79. The van der Waals surface area contributed by atoms with E-state index < -0.39 is 23.5 Å². The van der Waals surface area contributed by atoms with Crippen molar-refractivity contribution in [2.75, 3.05) is 6.61 Å². The predicted molar refractivity (Wildman–Crippen MR) is 109 cm³/mol. The molecule has 0 radical (unpaired) electrons. The molecule has 1 atom stereocenters. The third kappa shape index (κ3) is 4.17. The molecule has 0 fully saturated rings. The number of nitrogens with zero attached hydrogens (tertiary/aromatic N) is 1. The maximum absolute atomic E-state index is 14.2. The lowest BCUT2D eigenvalue weighted by atomic mass is 9.81. The lowest BCUT2D eigenvalue weighted by Crippen LogP contribution is -2.38. The SMILES string of the molecule is C=CCOC(=O)C1=C(C)N(Cc2cccc(F)c2F)C(=O)CC1c1ccccc1C. The van der Waals surface area contributed by atoms with Crippen LogP contribution < -0.4 is 0 Å². The Hall–Kier alpha value is -3.28. The van der Waals surface area contributed by atoms with E-state index in [1.165, 1.54) is 23.1 Å². The summed E-state index contributed by atoms with van der Waals surface area (Å²) in [6.45, 7) is 6.95. The molecule has 0 aromatic heterocycles. The Bertz CT molecular complexity index is 1030. The van der Waals surface area contributed by atoms with E-state index in [0.717, 1.165) is 17.2 Å². The minimum Gasteiger partial charge on any atom is -0.458 e. The number of halogens is 2. The molecular weight excluding hydrogens is 388 g/mol. The zero-order valence-corrected chi connectivity index (χ0v) is 17.0. The lowest BCUT2D eigenvalue weighted by molar-refractivity contribution is -0.139. The van der Waals surface area contributed by atoms with E-state index in [2.05, 4.69) is 6.58 Å². The first kappa shape index (κ1) is 21.4. The molecule has 2 aromatic carbocycles. The zero-order chi connectivity index (χ0) is 21.8. The van der Waals surface area contributed by atoms with E-state index >= 15 is 0 Å². The third-order valence-corrected chi connectivity index (χ3v) is 5.30. The van der Waals surface area contributed by atoms with Crippen LogP contribution in [0.2, 0.25) is 0 Å². The summed E-state index contributed by atoms with van der Waals surface area (Å²) in [5.41, 5.74) is 2.55. The highest BCUT2D eigenvalue weighted by Gasteiger charge is 2.37. The molecule has 6 heteroatoms. The Labute approximate surface area is 174 Å². The zero-order valence-electron chi connectivity index (χ0n) is 17.0. The first-order valence-corrected chi connectivity index (χ1v) is 9.62. The minimum absolute atomic E-state index is 0.0254. The summed E-state index contributed by atoms with van der Waals surface area (Å²) in [5, 5.41) is 0. The molecule has 1 aliphatic rings. The molecule has 1 amide bonds. The molecule has 1 aliphatic heterocycles. The van der Waals surface area contributed by atoms with Gasteiger partial charge in [-0.2, -0.15) is 0 Å². The van der Waals surface area contributed by atoms with Crippen molar-refractivity contribution in [2.45, 2.75) is 32.7 Å². The van der Waals surface area contributed by atoms with Gasteiger partial charge in [0.1, 0.15) is 6.61 Å². The molecule has 156 valence electrons. The van der Waals surface area contributed by atoms with Gasteiger partial charge in [0.15, 0.2) is 11.6 Å². The van der Waals surface area contributed by atoms with Gasteiger partial charge >= 0.3 is 5.97 Å². The first-order chi connectivity index (χ1) is 14.3. The van der Waals surface area contributed by atoms with Crippen LogP contribution >= 0.6 is 0 Å². The molecule has 0 aliphatic carbocycles. The van der Waals surface area contributed by atoms with Crippen LogP contribution in [0.3, 0.4) is 0 Å². The van der Waals surface area contributed by atoms with E-state index in [0.29, 0.717) is 11.3 Å². The summed E-state index contributed by atoms with van der Waals surface area (Å²) in [6, 6.07) is 11.3. The van der Waals surface area contributed by atoms with Crippen molar-refractivity contribution >= 4 is 11.9 Å². The Balaban J connectivity index is 2.07. The van der Waals surface area contributed by atoms with Crippen LogP contribution in [-0.4, -0.2) is 23.4 Å². The topological polar surface area (TPSA) is 46.6 Å². The average Bonchev–Trinajstić information content (AvgIpc) is 2.72. The summed E-state index contributed by atoms with van der Waals surface area (Å²) in [7, 11) is 0. The van der Waals surface area contributed by atoms with Gasteiger partial charge in [-0.3, -0.25) is 4.79 Å². The van der Waals surface area contributed by atoms with Crippen LogP contribution in [0.4, 0.5) is 8.78 Å². The number of hydrogen-bond donors (Lipinski definition) is 0. The Morgan fingerprint density at radius 1 is 1.20 bits per heavy atom. The molecule has 0 bridgehead atoms. The second-order valence-electron chi connectivity index (χ2n) is 7.19. The van der Waals surface area contributed by atoms with Crippen LogP contribution in [0, 0.1) is 18.6 Å². The molecule has 1 unspecified atom stereocenters. The van der Waals surface area contributed by atoms with Gasteiger partial charge in [-0.15, -0.1) is 0 Å². The van der Waals surface area contributed by atoms with E-state index in [1.54, 1.807) is 6.92 Å². The molecule has 3 rings (SSSR count). The summed E-state index contributed by atoms with van der Waals surface area (Å²) in [4.78, 5) is 27.2. The fourth-order valence-corrected chi connectivity index (χ4v) is 3.76. The normalized spacial score (nSPS) is 16.6. The van der Waals surface area contributed by atoms with Gasteiger partial charge in [-0.05, 0) is 31.0 Å². The fourth-order valence-electron chi connectivity index (χ4n) is 3.76. The number of aryl methyl sites for hydroxylation is 1. The molecule has 2 aromatic rings. The van der Waals surface area contributed by atoms with Gasteiger partial charge < -0.3 is 9.64 Å². The summed E-state index contributed by atoms with van der Waals surface area (Å²) >= 11 is 0. The molecule has 0 spiro atoms. The van der Waals surface area contributed by atoms with Crippen LogP contribution in [0.5, 0.6) is 0 Å². The number of amides is 1. The van der Waals surface area contributed by atoms with Crippen molar-refractivity contribution < 1.29 is 23.1 Å². The summed E-state index contributed by atoms with van der Waals surface area (Å²) in [5.74, 6) is -3.30. The maximum Gasteiger partial charge on any atom is 0.336 e. The molecule has 1 heterocycles. The van der Waals surface area contributed by atoms with Crippen molar-refractivity contribution in [3.63, 3.8) is 0 Å². The number of esters is 1. The van der Waals surface area contributed by atoms with E-state index in [1.807, 2.05) is 31.2 Å². The average molecular weight is 411 g/mol. The maximum atomic E-state index is 14.2. The smallest absolute Gasteiger partial charge is 0.336 e. The quantitative estimate of drug-likeness (QED) is 0.507. The standard InChI is InChI=1S/C24H23F2NO3/c1-4-12-30-24(29)22-16(3)27(14-17-9-7-11-20(25)23(17)26)21(28)13-19(22)18-10-6-5-8-15(18)2/h4-11,19H,1,12-14H2,2-3H3. The third-order valence-electron chi connectivity index (χ3n) is 5.30. The minimum atomic E-state index is -1.00. The molecule has 0 N–H and O–H groups in total. The van der Waals surface area contributed by atoms with Crippen molar-refractivity contribution in [1.29, 1.82) is 0 Å². The highest BCUT2D eigenvalue weighted by molar-refractivity contribution is 5.96. The van der Waals surface area contributed by atoms with Gasteiger partial charge in [-0.1, -0.05) is 49.1 Å². The molecule has 0 saturated heterocycles. The van der Waals surface area contributed by atoms with Gasteiger partial charge in [-0.25, -0.2) is 13.6 Å². The Kier molecular flexibility index (Phi) is 6.45. The van der Waals surface area contributed by atoms with Crippen molar-refractivity contribution in [3.05, 3.63) is 94.7 Å². The molecule has 4 nitrogen and oxygen atoms in total. The first-order valence-electron chi connectivity index (χ1n) is 9.62. The number of ether oxygens (including phenoxy) is 1. The fraction of sp³-hybridized carbons (Fsp3) is 0.250. The molecular formula is C24H23F2NO3. The number of carbonyl (C=O) groups is 2. The van der Waals surface area contributed by atoms with Gasteiger partial charge in [0.25, 0.3) is 0 Å². The van der Waals surface area contributed by atoms with Crippen molar-refractivity contribution in [2.24, 2.45) is 0 Å². The number of allylic oxidation sites excluding steroid dienone is 1. The van der Waals surface area contributed by atoms with Gasteiger partial charge in [0.2, 0.25) is 5.91 Å². The van der Waals surface area contributed by atoms with Gasteiger partial charge in [0, 0.05) is 23.6 Å². The van der Waals surface area contributed by atoms with Crippen LogP contribution in [-0.2, 0) is 20.9 Å². The number of hydrogen-bond acceptors (Lipinski definition) is 3. The summed E-state index contributed by atoms with van der Waals surface area (Å²) < 4.78 is 33.1. The monoisotopic (exact) mass is 411 g/mol. The molecule has 30 heavy (non-hydrogen) atoms. The highest BCUT2D eigenvalue weighted by Crippen LogP contribution is 2.39. The number of rotatable bonds is 6. The largest absolute Gasteiger partial charge is 0.458 e. The van der Waals surface area contributed by atoms with Crippen LogP contribution in [0.1, 0.15) is 36.0 Å². The second-order valence-corrected chi connectivity index (χ2v) is 7.19. The van der Waals surface area contributed by atoms with E-state index in [9.17, 15) is 18.4 Å². The Morgan fingerprint density at radius 3 is 2.63 bits per heavy atom. The Morgan fingerprint density at radius 2 is 1.93 bits per heavy atom. The lowest BCUT2D eigenvalue weighted by Gasteiger charge is -2.35. The van der Waals surface area contributed by atoms with E-state index in [-0.39, 0.29) is 31.0 Å². The number of carbonyl (C=O) groups excluding carboxylic acids is 2.